The lowest BCUT2D eigenvalue weighted by atomic mass is 10.0. The number of carboxylic acid groups (broad SMARTS) is 1. The third-order valence-electron chi connectivity index (χ3n) is 4.80. The molecule has 0 bridgehead atoms. The molecule has 0 radical (unpaired) electrons. The standard InChI is InChI=1S/C25H24N2O4/c28-23(16-13-18-7-3-1-4-8-18)26-21-14-11-19(12-15-21)17-22(25(30)31)27-24(29)20-9-5-2-6-10-20/h1-12,14-15,22H,13,16-17H2,(H,26,28)(H,27,29)(H,30,31)/t22-/m0/s1. The van der Waals surface area contributed by atoms with Crippen LogP contribution in [0.25, 0.3) is 0 Å². The number of nitrogens with one attached hydrogen (secondary N) is 2. The highest BCUT2D eigenvalue weighted by Crippen LogP contribution is 2.13. The zero-order chi connectivity index (χ0) is 22.1. The fourth-order valence-electron chi connectivity index (χ4n) is 3.12. The molecule has 0 saturated carbocycles. The van der Waals surface area contributed by atoms with Crippen LogP contribution >= 0.6 is 0 Å². The minimum Gasteiger partial charge on any atom is -0.480 e. The topological polar surface area (TPSA) is 95.5 Å². The predicted octanol–water partition coefficient (Wildman–Crippen LogP) is 3.68. The van der Waals surface area contributed by atoms with Gasteiger partial charge in [0.15, 0.2) is 0 Å². The minimum absolute atomic E-state index is 0.0878. The Labute approximate surface area is 180 Å². The van der Waals surface area contributed by atoms with Gasteiger partial charge in [0.1, 0.15) is 6.04 Å². The van der Waals surface area contributed by atoms with Crippen molar-refractivity contribution in [2.24, 2.45) is 0 Å². The fraction of sp³-hybridized carbons (Fsp3) is 0.160. The van der Waals surface area contributed by atoms with E-state index in [0.29, 0.717) is 24.1 Å². The van der Waals surface area contributed by atoms with Gasteiger partial charge in [0.2, 0.25) is 5.91 Å². The molecular formula is C25H24N2O4. The molecule has 3 N–H and O–H groups in total. The van der Waals surface area contributed by atoms with Crippen LogP contribution in [0.15, 0.2) is 84.9 Å². The van der Waals surface area contributed by atoms with Gasteiger partial charge in [0.05, 0.1) is 0 Å². The summed E-state index contributed by atoms with van der Waals surface area (Å²) < 4.78 is 0. The molecule has 3 rings (SSSR count). The molecule has 3 aromatic rings. The molecule has 0 aliphatic heterocycles. The summed E-state index contributed by atoms with van der Waals surface area (Å²) in [6.45, 7) is 0. The highest BCUT2D eigenvalue weighted by molar-refractivity contribution is 5.96. The van der Waals surface area contributed by atoms with E-state index in [4.69, 9.17) is 0 Å². The van der Waals surface area contributed by atoms with Crippen LogP contribution in [0, 0.1) is 0 Å². The van der Waals surface area contributed by atoms with Gasteiger partial charge in [-0.1, -0.05) is 60.7 Å². The van der Waals surface area contributed by atoms with Gasteiger partial charge < -0.3 is 15.7 Å². The van der Waals surface area contributed by atoms with Crippen molar-refractivity contribution in [3.8, 4) is 0 Å². The monoisotopic (exact) mass is 416 g/mol. The van der Waals surface area contributed by atoms with Crippen molar-refractivity contribution in [1.29, 1.82) is 0 Å². The van der Waals surface area contributed by atoms with E-state index in [1.54, 1.807) is 54.6 Å². The highest BCUT2D eigenvalue weighted by Gasteiger charge is 2.21. The number of benzene rings is 3. The average molecular weight is 416 g/mol. The summed E-state index contributed by atoms with van der Waals surface area (Å²) in [5, 5.41) is 14.9. The van der Waals surface area contributed by atoms with Crippen molar-refractivity contribution >= 4 is 23.5 Å². The summed E-state index contributed by atoms with van der Waals surface area (Å²) in [7, 11) is 0. The Morgan fingerprint density at radius 3 is 2.00 bits per heavy atom. The number of anilines is 1. The maximum Gasteiger partial charge on any atom is 0.326 e. The molecule has 2 amide bonds. The van der Waals surface area contributed by atoms with Gasteiger partial charge in [-0.15, -0.1) is 0 Å². The van der Waals surface area contributed by atoms with Gasteiger partial charge in [-0.05, 0) is 41.8 Å². The van der Waals surface area contributed by atoms with E-state index in [-0.39, 0.29) is 12.3 Å². The summed E-state index contributed by atoms with van der Waals surface area (Å²) in [4.78, 5) is 36.0. The van der Waals surface area contributed by atoms with Crippen LogP contribution in [0.4, 0.5) is 5.69 Å². The molecule has 6 heteroatoms. The number of hydrogen-bond donors (Lipinski definition) is 3. The van der Waals surface area contributed by atoms with Gasteiger partial charge in [0.25, 0.3) is 5.91 Å². The van der Waals surface area contributed by atoms with E-state index in [1.165, 1.54) is 0 Å². The molecule has 0 saturated heterocycles. The number of carboxylic acids is 1. The predicted molar refractivity (Wildman–Crippen MR) is 119 cm³/mol. The Hall–Kier alpha value is -3.93. The lowest BCUT2D eigenvalue weighted by Crippen LogP contribution is -2.42. The Balaban J connectivity index is 1.53. The lowest BCUT2D eigenvalue weighted by molar-refractivity contribution is -0.139. The number of aliphatic carboxylic acids is 1. The van der Waals surface area contributed by atoms with Crippen molar-refractivity contribution in [2.45, 2.75) is 25.3 Å². The van der Waals surface area contributed by atoms with E-state index >= 15 is 0 Å². The number of hydrogen-bond acceptors (Lipinski definition) is 3. The van der Waals surface area contributed by atoms with Gasteiger partial charge in [0, 0.05) is 24.1 Å². The lowest BCUT2D eigenvalue weighted by Gasteiger charge is -2.15. The average Bonchev–Trinajstić information content (AvgIpc) is 2.79. The molecule has 3 aromatic carbocycles. The van der Waals surface area contributed by atoms with Crippen LogP contribution in [0.2, 0.25) is 0 Å². The third kappa shape index (κ3) is 6.82. The summed E-state index contributed by atoms with van der Waals surface area (Å²) in [6, 6.07) is 24.2. The molecule has 0 fully saturated rings. The number of amides is 2. The van der Waals surface area contributed by atoms with Crippen molar-refractivity contribution < 1.29 is 19.5 Å². The number of rotatable bonds is 9. The van der Waals surface area contributed by atoms with Crippen LogP contribution < -0.4 is 10.6 Å². The van der Waals surface area contributed by atoms with E-state index in [0.717, 1.165) is 11.1 Å². The molecule has 0 aromatic heterocycles. The van der Waals surface area contributed by atoms with E-state index in [2.05, 4.69) is 10.6 Å². The van der Waals surface area contributed by atoms with Crippen LogP contribution in [0.1, 0.15) is 27.9 Å². The smallest absolute Gasteiger partial charge is 0.326 e. The maximum atomic E-state index is 12.3. The minimum atomic E-state index is -1.11. The molecule has 0 spiro atoms. The number of aryl methyl sites for hydroxylation is 1. The Kier molecular flexibility index (Phi) is 7.54. The van der Waals surface area contributed by atoms with Crippen molar-refractivity contribution in [3.63, 3.8) is 0 Å². The van der Waals surface area contributed by atoms with Crippen LogP contribution in [0.3, 0.4) is 0 Å². The first kappa shape index (κ1) is 21.8. The molecule has 6 nitrogen and oxygen atoms in total. The fourth-order valence-corrected chi connectivity index (χ4v) is 3.12. The molecule has 31 heavy (non-hydrogen) atoms. The summed E-state index contributed by atoms with van der Waals surface area (Å²) in [6.07, 6.45) is 1.17. The zero-order valence-electron chi connectivity index (χ0n) is 17.0. The van der Waals surface area contributed by atoms with Crippen molar-refractivity contribution in [2.75, 3.05) is 5.32 Å². The van der Waals surface area contributed by atoms with Gasteiger partial charge in [-0.3, -0.25) is 9.59 Å². The Morgan fingerprint density at radius 1 is 0.774 bits per heavy atom. The van der Waals surface area contributed by atoms with Crippen LogP contribution in [-0.4, -0.2) is 28.9 Å². The Bertz CT molecular complexity index is 1020. The van der Waals surface area contributed by atoms with Crippen LogP contribution in [0.5, 0.6) is 0 Å². The molecular weight excluding hydrogens is 392 g/mol. The molecule has 0 aliphatic carbocycles. The third-order valence-corrected chi connectivity index (χ3v) is 4.80. The maximum absolute atomic E-state index is 12.3. The van der Waals surface area contributed by atoms with Gasteiger partial charge in [-0.2, -0.15) is 0 Å². The van der Waals surface area contributed by atoms with Gasteiger partial charge >= 0.3 is 5.97 Å². The normalized spacial score (nSPS) is 11.4. The second-order valence-corrected chi connectivity index (χ2v) is 7.17. The van der Waals surface area contributed by atoms with Crippen molar-refractivity contribution in [1.82, 2.24) is 5.32 Å². The SMILES string of the molecule is O=C(CCc1ccccc1)Nc1ccc(C[C@H](NC(=O)c2ccccc2)C(=O)O)cc1. The van der Waals surface area contributed by atoms with E-state index < -0.39 is 17.9 Å². The molecule has 0 unspecified atom stereocenters. The van der Waals surface area contributed by atoms with E-state index in [9.17, 15) is 19.5 Å². The molecule has 1 atom stereocenters. The zero-order valence-corrected chi connectivity index (χ0v) is 17.0. The summed E-state index contributed by atoms with van der Waals surface area (Å²) >= 11 is 0. The van der Waals surface area contributed by atoms with Crippen molar-refractivity contribution in [3.05, 3.63) is 102 Å². The van der Waals surface area contributed by atoms with Crippen LogP contribution in [-0.2, 0) is 22.4 Å². The first-order valence-corrected chi connectivity index (χ1v) is 10.0. The first-order valence-electron chi connectivity index (χ1n) is 10.0. The second-order valence-electron chi connectivity index (χ2n) is 7.17. The molecule has 0 heterocycles. The second kappa shape index (κ2) is 10.7. The highest BCUT2D eigenvalue weighted by atomic mass is 16.4. The quantitative estimate of drug-likeness (QED) is 0.496. The Morgan fingerprint density at radius 2 is 1.39 bits per heavy atom. The summed E-state index contributed by atoms with van der Waals surface area (Å²) in [5.41, 5.74) is 2.89. The summed E-state index contributed by atoms with van der Waals surface area (Å²) in [5.74, 6) is -1.63. The molecule has 0 aliphatic rings. The first-order chi connectivity index (χ1) is 15.0. The number of carbonyl (C=O) groups excluding carboxylic acids is 2. The van der Waals surface area contributed by atoms with Gasteiger partial charge in [-0.25, -0.2) is 4.79 Å². The molecule has 158 valence electrons. The largest absolute Gasteiger partial charge is 0.480 e. The number of carbonyl (C=O) groups is 3. The van der Waals surface area contributed by atoms with E-state index in [1.807, 2.05) is 30.3 Å².